The van der Waals surface area contributed by atoms with Gasteiger partial charge in [-0.3, -0.25) is 4.79 Å². The molecule has 1 aromatic carbocycles. The van der Waals surface area contributed by atoms with E-state index in [1.165, 1.54) is 6.92 Å². The molecule has 1 N–H and O–H groups in total. The molecule has 1 saturated carbocycles. The van der Waals surface area contributed by atoms with Gasteiger partial charge in [-0.2, -0.15) is 0 Å². The second-order valence-electron chi connectivity index (χ2n) is 6.02. The first-order valence-electron chi connectivity index (χ1n) is 7.44. The maximum Gasteiger partial charge on any atom is 0.338 e. The number of carbonyl (C=O) groups excluding carboxylic acids is 2. The first kappa shape index (κ1) is 14.6. The summed E-state index contributed by atoms with van der Waals surface area (Å²) >= 11 is 0. The van der Waals surface area contributed by atoms with Crippen molar-refractivity contribution in [2.75, 3.05) is 6.61 Å². The summed E-state index contributed by atoms with van der Waals surface area (Å²) in [6.07, 6.45) is -2.84. The summed E-state index contributed by atoms with van der Waals surface area (Å²) in [5.41, 5.74) is -0.602. The minimum Gasteiger partial charge on any atom is -0.459 e. The standard InChI is InChI=1S/C16H16O7/c1-8(17)21-13-10(18)11-12(22-11)14-16(13,23-14)7-20-15(19)9-5-3-2-4-6-9/h2-6,10-14,18H,7H2,1H3/t10-,11+,12+,13+,14+,16-/m1/s1. The highest BCUT2D eigenvalue weighted by molar-refractivity contribution is 5.89. The van der Waals surface area contributed by atoms with Crippen LogP contribution < -0.4 is 0 Å². The van der Waals surface area contributed by atoms with Gasteiger partial charge in [-0.25, -0.2) is 4.79 Å². The van der Waals surface area contributed by atoms with Crippen LogP contribution in [-0.4, -0.2) is 59.8 Å². The molecule has 0 bridgehead atoms. The minimum atomic E-state index is -1.02. The van der Waals surface area contributed by atoms with E-state index in [-0.39, 0.29) is 24.9 Å². The van der Waals surface area contributed by atoms with Crippen LogP contribution in [0.5, 0.6) is 0 Å². The van der Waals surface area contributed by atoms with Gasteiger partial charge in [-0.15, -0.1) is 0 Å². The van der Waals surface area contributed by atoms with Gasteiger partial charge in [-0.05, 0) is 12.1 Å². The Hall–Kier alpha value is -1.96. The van der Waals surface area contributed by atoms with E-state index in [9.17, 15) is 14.7 Å². The summed E-state index contributed by atoms with van der Waals surface area (Å²) in [5, 5.41) is 10.2. The molecule has 0 spiro atoms. The molecule has 6 atom stereocenters. The maximum atomic E-state index is 12.1. The second kappa shape index (κ2) is 5.02. The van der Waals surface area contributed by atoms with Gasteiger partial charge in [-0.1, -0.05) is 18.2 Å². The van der Waals surface area contributed by atoms with E-state index in [0.29, 0.717) is 5.56 Å². The summed E-state index contributed by atoms with van der Waals surface area (Å²) in [7, 11) is 0. The first-order chi connectivity index (χ1) is 11.0. The average Bonchev–Trinajstić information content (AvgIpc) is 3.42. The summed E-state index contributed by atoms with van der Waals surface area (Å²) in [6.45, 7) is 1.15. The predicted octanol–water partition coefficient (Wildman–Crippen LogP) is 0.0546. The zero-order valence-corrected chi connectivity index (χ0v) is 12.4. The fraction of sp³-hybridized carbons (Fsp3) is 0.500. The monoisotopic (exact) mass is 320 g/mol. The summed E-state index contributed by atoms with van der Waals surface area (Å²) < 4.78 is 21.5. The molecule has 2 saturated heterocycles. The average molecular weight is 320 g/mol. The highest BCUT2D eigenvalue weighted by Gasteiger charge is 2.79. The molecule has 23 heavy (non-hydrogen) atoms. The van der Waals surface area contributed by atoms with Crippen molar-refractivity contribution < 1.29 is 33.6 Å². The van der Waals surface area contributed by atoms with Crippen molar-refractivity contribution in [2.45, 2.75) is 43.0 Å². The van der Waals surface area contributed by atoms with Crippen LogP contribution >= 0.6 is 0 Å². The lowest BCUT2D eigenvalue weighted by molar-refractivity contribution is -0.161. The Morgan fingerprint density at radius 2 is 2.00 bits per heavy atom. The number of fused-ring (bicyclic) bond motifs is 3. The van der Waals surface area contributed by atoms with Crippen LogP contribution in [-0.2, 0) is 23.7 Å². The lowest BCUT2D eigenvalue weighted by Crippen LogP contribution is -2.54. The maximum absolute atomic E-state index is 12.1. The summed E-state index contributed by atoms with van der Waals surface area (Å²) in [5.74, 6) is -1.03. The molecule has 0 unspecified atom stereocenters. The predicted molar refractivity (Wildman–Crippen MR) is 74.6 cm³/mol. The Kier molecular flexibility index (Phi) is 3.19. The van der Waals surface area contributed by atoms with E-state index in [4.69, 9.17) is 18.9 Å². The molecule has 1 aromatic rings. The molecular weight excluding hydrogens is 304 g/mol. The normalized spacial score (nSPS) is 39.7. The van der Waals surface area contributed by atoms with Gasteiger partial charge in [0.1, 0.15) is 31.0 Å². The van der Waals surface area contributed by atoms with E-state index in [2.05, 4.69) is 0 Å². The fourth-order valence-corrected chi connectivity index (χ4v) is 3.27. The van der Waals surface area contributed by atoms with Gasteiger partial charge in [0.2, 0.25) is 0 Å². The molecule has 2 aliphatic heterocycles. The number of ether oxygens (including phenoxy) is 4. The van der Waals surface area contributed by atoms with Crippen molar-refractivity contribution in [2.24, 2.45) is 0 Å². The van der Waals surface area contributed by atoms with Crippen molar-refractivity contribution >= 4 is 11.9 Å². The van der Waals surface area contributed by atoms with Crippen LogP contribution in [0.1, 0.15) is 17.3 Å². The first-order valence-corrected chi connectivity index (χ1v) is 7.44. The SMILES string of the molecule is CC(=O)O[C@H]1[C@H](O)[C@@H]2O[C@@H]2[C@@H]2O[C@]12COC(=O)c1ccccc1. The summed E-state index contributed by atoms with van der Waals surface area (Å²) in [4.78, 5) is 23.4. The number of carbonyl (C=O) groups is 2. The van der Waals surface area contributed by atoms with Gasteiger partial charge in [0.05, 0.1) is 5.56 Å². The number of esters is 2. The van der Waals surface area contributed by atoms with Gasteiger partial charge in [0, 0.05) is 6.92 Å². The molecule has 3 aliphatic rings. The van der Waals surface area contributed by atoms with Crippen LogP contribution in [0.25, 0.3) is 0 Å². The van der Waals surface area contributed by atoms with E-state index in [1.807, 2.05) is 0 Å². The van der Waals surface area contributed by atoms with Crippen LogP contribution in [0.3, 0.4) is 0 Å². The minimum absolute atomic E-state index is 0.104. The Bertz CT molecular complexity index is 645. The lowest BCUT2D eigenvalue weighted by Gasteiger charge is -2.29. The molecular formula is C16H16O7. The molecule has 4 rings (SSSR count). The molecule has 1 aliphatic carbocycles. The summed E-state index contributed by atoms with van der Waals surface area (Å²) in [6, 6.07) is 8.56. The molecule has 7 nitrogen and oxygen atoms in total. The Labute approximate surface area is 132 Å². The zero-order chi connectivity index (χ0) is 16.2. The van der Waals surface area contributed by atoms with E-state index >= 15 is 0 Å². The quantitative estimate of drug-likeness (QED) is 0.618. The van der Waals surface area contributed by atoms with Gasteiger partial charge in [0.15, 0.2) is 11.7 Å². The Morgan fingerprint density at radius 1 is 1.26 bits per heavy atom. The molecule has 7 heteroatoms. The lowest BCUT2D eigenvalue weighted by atomic mass is 9.84. The largest absolute Gasteiger partial charge is 0.459 e. The zero-order valence-electron chi connectivity index (χ0n) is 12.4. The molecule has 0 aromatic heterocycles. The van der Waals surface area contributed by atoms with E-state index in [0.717, 1.165) is 0 Å². The van der Waals surface area contributed by atoms with Crippen LogP contribution in [0.2, 0.25) is 0 Å². The number of epoxide rings is 2. The molecule has 0 amide bonds. The smallest absolute Gasteiger partial charge is 0.338 e. The molecule has 0 radical (unpaired) electrons. The van der Waals surface area contributed by atoms with Crippen molar-refractivity contribution in [3.8, 4) is 0 Å². The van der Waals surface area contributed by atoms with Crippen molar-refractivity contribution in [3.05, 3.63) is 35.9 Å². The highest BCUT2D eigenvalue weighted by atomic mass is 16.7. The third-order valence-corrected chi connectivity index (χ3v) is 4.49. The van der Waals surface area contributed by atoms with Gasteiger partial charge < -0.3 is 24.1 Å². The number of aliphatic hydroxyl groups excluding tert-OH is 1. The van der Waals surface area contributed by atoms with Gasteiger partial charge >= 0.3 is 11.9 Å². The third kappa shape index (κ3) is 2.32. The topological polar surface area (TPSA) is 97.9 Å². The van der Waals surface area contributed by atoms with Crippen LogP contribution in [0, 0.1) is 0 Å². The third-order valence-electron chi connectivity index (χ3n) is 4.49. The van der Waals surface area contributed by atoms with Crippen molar-refractivity contribution in [1.82, 2.24) is 0 Å². The number of hydrogen-bond donors (Lipinski definition) is 1. The van der Waals surface area contributed by atoms with Crippen molar-refractivity contribution in [1.29, 1.82) is 0 Å². The van der Waals surface area contributed by atoms with Crippen LogP contribution in [0.15, 0.2) is 30.3 Å². The van der Waals surface area contributed by atoms with Gasteiger partial charge in [0.25, 0.3) is 0 Å². The number of aliphatic hydroxyl groups is 1. The van der Waals surface area contributed by atoms with E-state index < -0.39 is 29.7 Å². The van der Waals surface area contributed by atoms with E-state index in [1.54, 1.807) is 30.3 Å². The highest BCUT2D eigenvalue weighted by Crippen LogP contribution is 2.56. The molecule has 2 heterocycles. The van der Waals surface area contributed by atoms with Crippen LogP contribution in [0.4, 0.5) is 0 Å². The number of hydrogen-bond acceptors (Lipinski definition) is 7. The molecule has 122 valence electrons. The fourth-order valence-electron chi connectivity index (χ4n) is 3.27. The Morgan fingerprint density at radius 3 is 2.70 bits per heavy atom. The molecule has 3 fully saturated rings. The van der Waals surface area contributed by atoms with Crippen molar-refractivity contribution in [3.63, 3.8) is 0 Å². The Balaban J connectivity index is 1.48. The number of rotatable bonds is 4. The number of benzene rings is 1. The second-order valence-corrected chi connectivity index (χ2v) is 6.02.